The van der Waals surface area contributed by atoms with Gasteiger partial charge in [0.05, 0.1) is 19.1 Å². The molecule has 1 amide bonds. The number of carbonyl (C=O) groups excluding carboxylic acids is 1. The van der Waals surface area contributed by atoms with Gasteiger partial charge in [-0.3, -0.25) is 9.59 Å². The van der Waals surface area contributed by atoms with Gasteiger partial charge in [0, 0.05) is 23.0 Å². The number of carboxylic acids is 1. The van der Waals surface area contributed by atoms with E-state index in [1.807, 2.05) is 0 Å². The third kappa shape index (κ3) is 4.12. The van der Waals surface area contributed by atoms with Gasteiger partial charge in [-0.1, -0.05) is 24.1 Å². The number of benzene rings is 1. The van der Waals surface area contributed by atoms with Crippen LogP contribution in [0.1, 0.15) is 37.4 Å². The number of halogens is 2. The van der Waals surface area contributed by atoms with Crippen LogP contribution in [0.5, 0.6) is 0 Å². The molecule has 3 unspecified atom stereocenters. The molecule has 1 aromatic rings. The smallest absolute Gasteiger partial charge is 0.306 e. The zero-order chi connectivity index (χ0) is 18.0. The Bertz CT molecular complexity index is 668. The van der Waals surface area contributed by atoms with E-state index >= 15 is 0 Å². The number of nitrogens with zero attached hydrogens (tertiary/aromatic N) is 1. The van der Waals surface area contributed by atoms with Crippen LogP contribution in [0.25, 0.3) is 0 Å². The maximum Gasteiger partial charge on any atom is 0.306 e. The number of carboxylic acid groups (broad SMARTS) is 1. The lowest BCUT2D eigenvalue weighted by atomic mass is 9.80. The van der Waals surface area contributed by atoms with Gasteiger partial charge in [-0.25, -0.2) is 4.39 Å². The minimum absolute atomic E-state index is 0.0162. The van der Waals surface area contributed by atoms with Gasteiger partial charge in [0.15, 0.2) is 0 Å². The lowest BCUT2D eigenvalue weighted by Gasteiger charge is -2.37. The molecule has 0 spiro atoms. The van der Waals surface area contributed by atoms with E-state index in [0.29, 0.717) is 38.1 Å². The van der Waals surface area contributed by atoms with Gasteiger partial charge in [0.1, 0.15) is 11.9 Å². The summed E-state index contributed by atoms with van der Waals surface area (Å²) in [5.41, 5.74) is 0.660. The third-order valence-electron chi connectivity index (χ3n) is 5.06. The molecule has 1 aliphatic heterocycles. The van der Waals surface area contributed by atoms with Crippen molar-refractivity contribution in [1.29, 1.82) is 0 Å². The second-order valence-corrected chi connectivity index (χ2v) is 7.12. The standard InChI is InChI=1S/C18H21ClFNO4/c19-15-9-13(20)4-5-14(15)16-10-21(6-7-25-16)17(22)11-2-1-3-12(8-11)18(23)24/h4-5,9,11-12,16H,1-3,6-8,10H2,(H,23,24). The van der Waals surface area contributed by atoms with Crippen LogP contribution in [0, 0.1) is 17.7 Å². The molecular formula is C18H21ClFNO4. The Morgan fingerprint density at radius 3 is 2.76 bits per heavy atom. The zero-order valence-electron chi connectivity index (χ0n) is 13.8. The topological polar surface area (TPSA) is 66.8 Å². The number of carbonyl (C=O) groups is 2. The molecule has 25 heavy (non-hydrogen) atoms. The van der Waals surface area contributed by atoms with Crippen molar-refractivity contribution in [2.75, 3.05) is 19.7 Å². The fourth-order valence-corrected chi connectivity index (χ4v) is 3.99. The molecule has 136 valence electrons. The molecular weight excluding hydrogens is 349 g/mol. The van der Waals surface area contributed by atoms with Gasteiger partial charge in [-0.2, -0.15) is 0 Å². The van der Waals surface area contributed by atoms with Gasteiger partial charge in [-0.15, -0.1) is 0 Å². The summed E-state index contributed by atoms with van der Waals surface area (Å²) in [6, 6.07) is 4.14. The van der Waals surface area contributed by atoms with Crippen LogP contribution in [-0.2, 0) is 14.3 Å². The van der Waals surface area contributed by atoms with Crippen molar-refractivity contribution in [2.24, 2.45) is 11.8 Å². The quantitative estimate of drug-likeness (QED) is 0.888. The van der Waals surface area contributed by atoms with E-state index in [0.717, 1.165) is 12.8 Å². The Balaban J connectivity index is 1.68. The van der Waals surface area contributed by atoms with Gasteiger partial charge in [0.25, 0.3) is 0 Å². The number of hydrogen-bond donors (Lipinski definition) is 1. The van der Waals surface area contributed by atoms with Crippen LogP contribution >= 0.6 is 11.6 Å². The van der Waals surface area contributed by atoms with Gasteiger partial charge in [-0.05, 0) is 31.4 Å². The molecule has 7 heteroatoms. The van der Waals surface area contributed by atoms with Crippen LogP contribution in [0.4, 0.5) is 4.39 Å². The highest BCUT2D eigenvalue weighted by molar-refractivity contribution is 6.31. The molecule has 1 saturated carbocycles. The van der Waals surface area contributed by atoms with Crippen molar-refractivity contribution >= 4 is 23.5 Å². The molecule has 1 heterocycles. The van der Waals surface area contributed by atoms with E-state index in [4.69, 9.17) is 16.3 Å². The highest BCUT2D eigenvalue weighted by Crippen LogP contribution is 2.33. The largest absolute Gasteiger partial charge is 0.481 e. The van der Waals surface area contributed by atoms with Gasteiger partial charge < -0.3 is 14.7 Å². The lowest BCUT2D eigenvalue weighted by molar-refractivity contribution is -0.148. The normalized spacial score (nSPS) is 27.1. The van der Waals surface area contributed by atoms with E-state index in [2.05, 4.69) is 0 Å². The molecule has 2 aliphatic rings. The highest BCUT2D eigenvalue weighted by Gasteiger charge is 2.35. The Hall–Kier alpha value is -1.66. The van der Waals surface area contributed by atoms with Crippen LogP contribution in [0.3, 0.4) is 0 Å². The summed E-state index contributed by atoms with van der Waals surface area (Å²) < 4.78 is 18.9. The maximum atomic E-state index is 13.2. The Morgan fingerprint density at radius 1 is 1.28 bits per heavy atom. The summed E-state index contributed by atoms with van der Waals surface area (Å²) in [7, 11) is 0. The van der Waals surface area contributed by atoms with E-state index in [1.54, 1.807) is 11.0 Å². The first-order valence-corrected chi connectivity index (χ1v) is 8.91. The predicted octanol–water partition coefficient (Wildman–Crippen LogP) is 3.27. The SMILES string of the molecule is O=C(O)C1CCCC(C(=O)N2CCOC(c3ccc(F)cc3Cl)C2)C1. The van der Waals surface area contributed by atoms with E-state index in [9.17, 15) is 19.1 Å². The number of amides is 1. The summed E-state index contributed by atoms with van der Waals surface area (Å²) in [4.78, 5) is 25.8. The lowest BCUT2D eigenvalue weighted by Crippen LogP contribution is -2.46. The number of aliphatic carboxylic acids is 1. The Morgan fingerprint density at radius 2 is 2.04 bits per heavy atom. The maximum absolute atomic E-state index is 13.2. The van der Waals surface area contributed by atoms with Crippen LogP contribution < -0.4 is 0 Å². The molecule has 1 aromatic carbocycles. The zero-order valence-corrected chi connectivity index (χ0v) is 14.5. The number of hydrogen-bond acceptors (Lipinski definition) is 3. The summed E-state index contributed by atoms with van der Waals surface area (Å²) >= 11 is 6.10. The fourth-order valence-electron chi connectivity index (χ4n) is 3.70. The third-order valence-corrected chi connectivity index (χ3v) is 5.39. The van der Waals surface area contributed by atoms with Crippen LogP contribution in [0.15, 0.2) is 18.2 Å². The van der Waals surface area contributed by atoms with Gasteiger partial charge >= 0.3 is 5.97 Å². The number of morpholine rings is 1. The highest BCUT2D eigenvalue weighted by atomic mass is 35.5. The number of rotatable bonds is 3. The molecule has 0 radical (unpaired) electrons. The first kappa shape index (κ1) is 18.1. The molecule has 3 rings (SSSR count). The van der Waals surface area contributed by atoms with Crippen molar-refractivity contribution in [3.05, 3.63) is 34.6 Å². The second-order valence-electron chi connectivity index (χ2n) is 6.71. The first-order valence-electron chi connectivity index (χ1n) is 8.54. The van der Waals surface area contributed by atoms with Crippen molar-refractivity contribution in [3.8, 4) is 0 Å². The van der Waals surface area contributed by atoms with Crippen molar-refractivity contribution < 1.29 is 23.8 Å². The average Bonchev–Trinajstić information content (AvgIpc) is 2.61. The summed E-state index contributed by atoms with van der Waals surface area (Å²) in [6.45, 7) is 1.19. The number of ether oxygens (including phenoxy) is 1. The summed E-state index contributed by atoms with van der Waals surface area (Å²) in [5, 5.41) is 9.48. The summed E-state index contributed by atoms with van der Waals surface area (Å²) in [6.07, 6.45) is 2.11. The molecule has 2 fully saturated rings. The Labute approximate surface area is 150 Å². The molecule has 1 aliphatic carbocycles. The predicted molar refractivity (Wildman–Crippen MR) is 89.8 cm³/mol. The van der Waals surface area contributed by atoms with E-state index in [1.165, 1.54) is 12.1 Å². The molecule has 5 nitrogen and oxygen atoms in total. The monoisotopic (exact) mass is 369 g/mol. The van der Waals surface area contributed by atoms with E-state index < -0.39 is 23.8 Å². The van der Waals surface area contributed by atoms with Crippen LogP contribution in [0.2, 0.25) is 5.02 Å². The van der Waals surface area contributed by atoms with Crippen molar-refractivity contribution in [2.45, 2.75) is 31.8 Å². The minimum atomic E-state index is -0.824. The Kier molecular flexibility index (Phi) is 5.59. The van der Waals surface area contributed by atoms with E-state index in [-0.39, 0.29) is 16.8 Å². The fraction of sp³-hybridized carbons (Fsp3) is 0.556. The summed E-state index contributed by atoms with van der Waals surface area (Å²) in [5.74, 6) is -1.95. The van der Waals surface area contributed by atoms with Gasteiger partial charge in [0.2, 0.25) is 5.91 Å². The van der Waals surface area contributed by atoms with Crippen LogP contribution in [-0.4, -0.2) is 41.6 Å². The minimum Gasteiger partial charge on any atom is -0.481 e. The molecule has 1 N–H and O–H groups in total. The second kappa shape index (κ2) is 7.70. The molecule has 0 aromatic heterocycles. The average molecular weight is 370 g/mol. The van der Waals surface area contributed by atoms with Crippen molar-refractivity contribution in [3.63, 3.8) is 0 Å². The van der Waals surface area contributed by atoms with Crippen molar-refractivity contribution in [1.82, 2.24) is 4.90 Å². The first-order chi connectivity index (χ1) is 12.0. The molecule has 0 bridgehead atoms. The molecule has 1 saturated heterocycles. The molecule has 3 atom stereocenters.